The molecule has 0 radical (unpaired) electrons. The molecule has 174 valence electrons. The summed E-state index contributed by atoms with van der Waals surface area (Å²) in [5.41, 5.74) is 3.09. The van der Waals surface area contributed by atoms with Crippen molar-refractivity contribution in [3.05, 3.63) is 119 Å². The SMILES string of the molecule is CC(C)(C)c1ccc(C2/C(=C(/O)c3ccc4ccccc4c3)C(=O)C(=O)N2c2ccccc2)cc1. The highest BCUT2D eigenvalue weighted by Gasteiger charge is 2.47. The van der Waals surface area contributed by atoms with E-state index < -0.39 is 17.7 Å². The van der Waals surface area contributed by atoms with Crippen LogP contribution in [0.25, 0.3) is 16.5 Å². The number of para-hydroxylation sites is 1. The summed E-state index contributed by atoms with van der Waals surface area (Å²) in [5.74, 6) is -1.51. The highest BCUT2D eigenvalue weighted by Crippen LogP contribution is 2.42. The van der Waals surface area contributed by atoms with Crippen molar-refractivity contribution in [3.63, 3.8) is 0 Å². The van der Waals surface area contributed by atoms with Gasteiger partial charge < -0.3 is 5.11 Å². The van der Waals surface area contributed by atoms with Crippen molar-refractivity contribution < 1.29 is 14.7 Å². The van der Waals surface area contributed by atoms with E-state index >= 15 is 0 Å². The lowest BCUT2D eigenvalue weighted by Crippen LogP contribution is -2.29. The van der Waals surface area contributed by atoms with Crippen LogP contribution < -0.4 is 4.90 Å². The van der Waals surface area contributed by atoms with Gasteiger partial charge in [0.15, 0.2) is 0 Å². The molecule has 1 fully saturated rings. The molecule has 1 amide bonds. The normalized spacial score (nSPS) is 17.8. The molecule has 4 nitrogen and oxygen atoms in total. The van der Waals surface area contributed by atoms with E-state index in [0.29, 0.717) is 11.3 Å². The zero-order valence-electron chi connectivity index (χ0n) is 20.0. The Labute approximate surface area is 205 Å². The lowest BCUT2D eigenvalue weighted by atomic mass is 9.85. The largest absolute Gasteiger partial charge is 0.507 e. The van der Waals surface area contributed by atoms with E-state index in [1.54, 1.807) is 18.2 Å². The number of benzene rings is 4. The number of aliphatic hydroxyl groups is 1. The van der Waals surface area contributed by atoms with Crippen LogP contribution in [0.3, 0.4) is 0 Å². The molecule has 0 saturated carbocycles. The second-order valence-corrected chi connectivity index (χ2v) is 9.94. The molecule has 0 bridgehead atoms. The average molecular weight is 462 g/mol. The molecule has 0 aliphatic carbocycles. The summed E-state index contributed by atoms with van der Waals surface area (Å²) in [7, 11) is 0. The van der Waals surface area contributed by atoms with Gasteiger partial charge in [-0.25, -0.2) is 0 Å². The highest BCUT2D eigenvalue weighted by molar-refractivity contribution is 6.51. The molecule has 4 aromatic rings. The Bertz CT molecular complexity index is 1460. The van der Waals surface area contributed by atoms with E-state index in [2.05, 4.69) is 20.8 Å². The molecule has 1 heterocycles. The monoisotopic (exact) mass is 461 g/mol. The maximum absolute atomic E-state index is 13.4. The number of amides is 1. The van der Waals surface area contributed by atoms with Crippen LogP contribution in [0.15, 0.2) is 103 Å². The Morgan fingerprint density at radius 1 is 0.771 bits per heavy atom. The summed E-state index contributed by atoms with van der Waals surface area (Å²) in [6, 6.07) is 29.7. The first-order valence-electron chi connectivity index (χ1n) is 11.7. The predicted molar refractivity (Wildman–Crippen MR) is 140 cm³/mol. The van der Waals surface area contributed by atoms with Crippen LogP contribution in [0.5, 0.6) is 0 Å². The summed E-state index contributed by atoms with van der Waals surface area (Å²) in [6.07, 6.45) is 0. The first-order valence-corrected chi connectivity index (χ1v) is 11.7. The second-order valence-electron chi connectivity index (χ2n) is 9.94. The zero-order valence-corrected chi connectivity index (χ0v) is 20.0. The van der Waals surface area contributed by atoms with E-state index in [0.717, 1.165) is 21.9 Å². The number of nitrogens with zero attached hydrogens (tertiary/aromatic N) is 1. The van der Waals surface area contributed by atoms with Crippen molar-refractivity contribution in [2.75, 3.05) is 4.90 Å². The van der Waals surface area contributed by atoms with Crippen LogP contribution in [-0.4, -0.2) is 16.8 Å². The number of aliphatic hydroxyl groups excluding tert-OH is 1. The third-order valence-electron chi connectivity index (χ3n) is 6.59. The molecule has 5 rings (SSSR count). The Morgan fingerprint density at radius 2 is 1.40 bits per heavy atom. The second kappa shape index (κ2) is 8.55. The minimum absolute atomic E-state index is 0.0368. The lowest BCUT2D eigenvalue weighted by molar-refractivity contribution is -0.132. The number of anilines is 1. The van der Waals surface area contributed by atoms with Crippen molar-refractivity contribution in [1.82, 2.24) is 0 Å². The fraction of sp³-hybridized carbons (Fsp3) is 0.161. The van der Waals surface area contributed by atoms with Gasteiger partial charge in [0, 0.05) is 11.3 Å². The van der Waals surface area contributed by atoms with Crippen molar-refractivity contribution in [2.45, 2.75) is 32.2 Å². The first-order chi connectivity index (χ1) is 16.8. The molecule has 0 spiro atoms. The van der Waals surface area contributed by atoms with Crippen LogP contribution in [-0.2, 0) is 15.0 Å². The Kier molecular flexibility index (Phi) is 5.52. The zero-order chi connectivity index (χ0) is 24.7. The van der Waals surface area contributed by atoms with Gasteiger partial charge in [-0.05, 0) is 45.5 Å². The summed E-state index contributed by atoms with van der Waals surface area (Å²) in [5, 5.41) is 13.4. The van der Waals surface area contributed by atoms with Gasteiger partial charge >= 0.3 is 0 Å². The minimum atomic E-state index is -0.738. The molecular weight excluding hydrogens is 434 g/mol. The molecule has 1 atom stereocenters. The number of carbonyl (C=O) groups excluding carboxylic acids is 2. The molecular formula is C31H27NO3. The van der Waals surface area contributed by atoms with Gasteiger partial charge in [0.1, 0.15) is 5.76 Å². The fourth-order valence-electron chi connectivity index (χ4n) is 4.66. The summed E-state index contributed by atoms with van der Waals surface area (Å²) in [4.78, 5) is 28.2. The molecule has 4 heteroatoms. The third-order valence-corrected chi connectivity index (χ3v) is 6.59. The minimum Gasteiger partial charge on any atom is -0.507 e. The molecule has 1 unspecified atom stereocenters. The van der Waals surface area contributed by atoms with Crippen LogP contribution in [0.4, 0.5) is 5.69 Å². The Morgan fingerprint density at radius 3 is 2.06 bits per heavy atom. The fourth-order valence-corrected chi connectivity index (χ4v) is 4.66. The molecule has 4 aromatic carbocycles. The number of hydrogen-bond acceptors (Lipinski definition) is 3. The summed E-state index contributed by atoms with van der Waals surface area (Å²) in [6.45, 7) is 6.41. The predicted octanol–water partition coefficient (Wildman–Crippen LogP) is 6.76. The number of Topliss-reactive ketones (excluding diaryl/α,β-unsaturated/α-hetero) is 1. The standard InChI is InChI=1S/C31H27NO3/c1-31(2,3)24-17-15-21(16-18-24)27-26(29(34)30(35)32(27)25-11-5-4-6-12-25)28(33)23-14-13-20-9-7-8-10-22(20)19-23/h4-19,27,33H,1-3H3/b28-26-. The maximum atomic E-state index is 13.4. The molecule has 0 aromatic heterocycles. The van der Waals surface area contributed by atoms with Crippen LogP contribution >= 0.6 is 0 Å². The quantitative estimate of drug-likeness (QED) is 0.208. The van der Waals surface area contributed by atoms with Crippen LogP contribution in [0.1, 0.15) is 43.5 Å². The lowest BCUT2D eigenvalue weighted by Gasteiger charge is -2.26. The average Bonchev–Trinajstić information content (AvgIpc) is 3.13. The van der Waals surface area contributed by atoms with E-state index in [-0.39, 0.29) is 16.7 Å². The van der Waals surface area contributed by atoms with Crippen LogP contribution in [0.2, 0.25) is 0 Å². The first kappa shape index (κ1) is 22.6. The van der Waals surface area contributed by atoms with E-state index in [4.69, 9.17) is 0 Å². The molecule has 35 heavy (non-hydrogen) atoms. The number of carbonyl (C=O) groups is 2. The molecule has 1 saturated heterocycles. The Hall–Kier alpha value is -4.18. The number of rotatable bonds is 3. The van der Waals surface area contributed by atoms with Gasteiger partial charge in [-0.15, -0.1) is 0 Å². The van der Waals surface area contributed by atoms with Crippen LogP contribution in [0, 0.1) is 0 Å². The van der Waals surface area contributed by atoms with Crippen molar-refractivity contribution >= 4 is 33.9 Å². The van der Waals surface area contributed by atoms with E-state index in [1.165, 1.54) is 4.90 Å². The third kappa shape index (κ3) is 4.01. The number of ketones is 1. The van der Waals surface area contributed by atoms with E-state index in [9.17, 15) is 14.7 Å². The van der Waals surface area contributed by atoms with Gasteiger partial charge in [-0.3, -0.25) is 14.5 Å². The number of fused-ring (bicyclic) bond motifs is 1. The number of hydrogen-bond donors (Lipinski definition) is 1. The molecule has 1 aliphatic rings. The van der Waals surface area contributed by atoms with Gasteiger partial charge in [0.05, 0.1) is 11.6 Å². The Balaban J connectivity index is 1.71. The van der Waals surface area contributed by atoms with Gasteiger partial charge in [0.25, 0.3) is 11.7 Å². The smallest absolute Gasteiger partial charge is 0.300 e. The van der Waals surface area contributed by atoms with Crippen molar-refractivity contribution in [1.29, 1.82) is 0 Å². The van der Waals surface area contributed by atoms with Gasteiger partial charge in [-0.1, -0.05) is 99.6 Å². The maximum Gasteiger partial charge on any atom is 0.300 e. The van der Waals surface area contributed by atoms with Gasteiger partial charge in [-0.2, -0.15) is 0 Å². The molecule has 1 N–H and O–H groups in total. The summed E-state index contributed by atoms with van der Waals surface area (Å²) < 4.78 is 0. The van der Waals surface area contributed by atoms with Gasteiger partial charge in [0.2, 0.25) is 0 Å². The van der Waals surface area contributed by atoms with Crippen molar-refractivity contribution in [2.24, 2.45) is 0 Å². The topological polar surface area (TPSA) is 57.6 Å². The van der Waals surface area contributed by atoms with E-state index in [1.807, 2.05) is 78.9 Å². The molecule has 1 aliphatic heterocycles. The summed E-state index contributed by atoms with van der Waals surface area (Å²) >= 11 is 0. The highest BCUT2D eigenvalue weighted by atomic mass is 16.3. The van der Waals surface area contributed by atoms with Crippen molar-refractivity contribution in [3.8, 4) is 0 Å².